The number of benzene rings is 1. The molecular weight excluding hydrogens is 268 g/mol. The van der Waals surface area contributed by atoms with E-state index in [1.807, 2.05) is 6.92 Å². The molecule has 0 spiro atoms. The number of esters is 1. The summed E-state index contributed by atoms with van der Waals surface area (Å²) in [6.07, 6.45) is 0. The quantitative estimate of drug-likeness (QED) is 0.775. The number of anilines is 1. The standard InChI is InChI=1S/C12H18N2O4S/c1-4-14(9-12(15)18-3)10-7-5-6-8-11(10)19(16,17)13-2/h5-8,13H,4,9H2,1-3H3. The lowest BCUT2D eigenvalue weighted by atomic mass is 10.3. The Kier molecular flexibility index (Phi) is 5.31. The Morgan fingerprint density at radius 2 is 2.00 bits per heavy atom. The van der Waals surface area contributed by atoms with Crippen molar-refractivity contribution in [2.45, 2.75) is 11.8 Å². The van der Waals surface area contributed by atoms with E-state index in [1.54, 1.807) is 23.1 Å². The number of para-hydroxylation sites is 1. The maximum absolute atomic E-state index is 11.9. The van der Waals surface area contributed by atoms with Gasteiger partial charge in [-0.15, -0.1) is 0 Å². The van der Waals surface area contributed by atoms with E-state index in [-0.39, 0.29) is 11.4 Å². The van der Waals surface area contributed by atoms with E-state index in [0.717, 1.165) is 0 Å². The third kappa shape index (κ3) is 3.68. The van der Waals surface area contributed by atoms with Crippen LogP contribution >= 0.6 is 0 Å². The molecule has 0 saturated heterocycles. The second-order valence-corrected chi connectivity index (χ2v) is 5.62. The smallest absolute Gasteiger partial charge is 0.325 e. The van der Waals surface area contributed by atoms with Crippen LogP contribution < -0.4 is 9.62 Å². The Morgan fingerprint density at radius 3 is 2.53 bits per heavy atom. The van der Waals surface area contributed by atoms with Gasteiger partial charge in [-0.1, -0.05) is 12.1 Å². The van der Waals surface area contributed by atoms with E-state index < -0.39 is 16.0 Å². The van der Waals surface area contributed by atoms with Gasteiger partial charge in [0.2, 0.25) is 10.0 Å². The number of nitrogens with zero attached hydrogens (tertiary/aromatic N) is 1. The predicted molar refractivity (Wildman–Crippen MR) is 72.6 cm³/mol. The van der Waals surface area contributed by atoms with Crippen LogP contribution in [0.3, 0.4) is 0 Å². The predicted octanol–water partition coefficient (Wildman–Crippen LogP) is 0.594. The third-order valence-corrected chi connectivity index (χ3v) is 4.16. The molecule has 1 aromatic rings. The third-order valence-electron chi connectivity index (χ3n) is 2.69. The fraction of sp³-hybridized carbons (Fsp3) is 0.417. The summed E-state index contributed by atoms with van der Waals surface area (Å²) >= 11 is 0. The maximum atomic E-state index is 11.9. The fourth-order valence-corrected chi connectivity index (χ4v) is 2.59. The lowest BCUT2D eigenvalue weighted by Gasteiger charge is -2.24. The van der Waals surface area contributed by atoms with Gasteiger partial charge in [0.15, 0.2) is 0 Å². The number of likely N-dealkylation sites (N-methyl/N-ethyl adjacent to an activating group) is 1. The first kappa shape index (κ1) is 15.5. The molecular formula is C12H18N2O4S. The topological polar surface area (TPSA) is 75.7 Å². The molecule has 0 bridgehead atoms. The molecule has 1 N–H and O–H groups in total. The van der Waals surface area contributed by atoms with Crippen LogP contribution in [0.25, 0.3) is 0 Å². The Hall–Kier alpha value is -1.60. The molecule has 106 valence electrons. The first-order valence-electron chi connectivity index (χ1n) is 5.80. The maximum Gasteiger partial charge on any atom is 0.325 e. The van der Waals surface area contributed by atoms with Crippen molar-refractivity contribution in [1.82, 2.24) is 4.72 Å². The van der Waals surface area contributed by atoms with Crippen LogP contribution in [-0.4, -0.2) is 41.6 Å². The lowest BCUT2D eigenvalue weighted by molar-refractivity contribution is -0.138. The van der Waals surface area contributed by atoms with Crippen LogP contribution in [0, 0.1) is 0 Å². The van der Waals surface area contributed by atoms with E-state index in [4.69, 9.17) is 0 Å². The van der Waals surface area contributed by atoms with Gasteiger partial charge in [0.05, 0.1) is 12.8 Å². The van der Waals surface area contributed by atoms with Crippen molar-refractivity contribution < 1.29 is 17.9 Å². The van der Waals surface area contributed by atoms with Gasteiger partial charge in [0.25, 0.3) is 0 Å². The molecule has 6 nitrogen and oxygen atoms in total. The van der Waals surface area contributed by atoms with Gasteiger partial charge in [-0.2, -0.15) is 0 Å². The van der Waals surface area contributed by atoms with E-state index in [9.17, 15) is 13.2 Å². The molecule has 7 heteroatoms. The van der Waals surface area contributed by atoms with Crippen molar-refractivity contribution in [3.05, 3.63) is 24.3 Å². The van der Waals surface area contributed by atoms with Crippen molar-refractivity contribution in [2.75, 3.05) is 32.1 Å². The number of carbonyl (C=O) groups is 1. The molecule has 1 aromatic carbocycles. The summed E-state index contributed by atoms with van der Waals surface area (Å²) in [5.41, 5.74) is 0.477. The van der Waals surface area contributed by atoms with Gasteiger partial charge in [0.1, 0.15) is 11.4 Å². The van der Waals surface area contributed by atoms with Crippen LogP contribution in [0.4, 0.5) is 5.69 Å². The number of hydrogen-bond acceptors (Lipinski definition) is 5. The molecule has 0 aliphatic heterocycles. The molecule has 0 atom stereocenters. The summed E-state index contributed by atoms with van der Waals surface area (Å²) in [6, 6.07) is 6.53. The summed E-state index contributed by atoms with van der Waals surface area (Å²) in [7, 11) is -0.922. The van der Waals surface area contributed by atoms with Crippen LogP contribution in [0.5, 0.6) is 0 Å². The van der Waals surface area contributed by atoms with Crippen LogP contribution in [0.15, 0.2) is 29.2 Å². The minimum Gasteiger partial charge on any atom is -0.468 e. The number of sulfonamides is 1. The number of hydrogen-bond donors (Lipinski definition) is 1. The van der Waals surface area contributed by atoms with Gasteiger partial charge in [-0.25, -0.2) is 13.1 Å². The summed E-state index contributed by atoms with van der Waals surface area (Å²) in [5.74, 6) is -0.418. The highest BCUT2D eigenvalue weighted by atomic mass is 32.2. The van der Waals surface area contributed by atoms with Gasteiger partial charge in [-0.3, -0.25) is 4.79 Å². The molecule has 0 radical (unpaired) electrons. The zero-order valence-corrected chi connectivity index (χ0v) is 12.0. The average molecular weight is 286 g/mol. The highest BCUT2D eigenvalue weighted by Crippen LogP contribution is 2.24. The molecule has 0 aliphatic carbocycles. The van der Waals surface area contributed by atoms with Gasteiger partial charge >= 0.3 is 5.97 Å². The molecule has 19 heavy (non-hydrogen) atoms. The van der Waals surface area contributed by atoms with Crippen LogP contribution in [0.2, 0.25) is 0 Å². The minimum atomic E-state index is -3.57. The number of methoxy groups -OCH3 is 1. The number of nitrogens with one attached hydrogen (secondary N) is 1. The van der Waals surface area contributed by atoms with Gasteiger partial charge < -0.3 is 9.64 Å². The second kappa shape index (κ2) is 6.53. The molecule has 0 heterocycles. The first-order valence-corrected chi connectivity index (χ1v) is 7.29. The number of carbonyl (C=O) groups excluding carboxylic acids is 1. The first-order chi connectivity index (χ1) is 8.96. The Morgan fingerprint density at radius 1 is 1.37 bits per heavy atom. The van der Waals surface area contributed by atoms with Gasteiger partial charge in [-0.05, 0) is 26.1 Å². The molecule has 1 rings (SSSR count). The minimum absolute atomic E-state index is 0.00322. The highest BCUT2D eigenvalue weighted by Gasteiger charge is 2.20. The van der Waals surface area contributed by atoms with E-state index >= 15 is 0 Å². The van der Waals surface area contributed by atoms with Crippen molar-refractivity contribution >= 4 is 21.7 Å². The second-order valence-electron chi connectivity index (χ2n) is 3.77. The van der Waals surface area contributed by atoms with Crippen molar-refractivity contribution in [2.24, 2.45) is 0 Å². The largest absolute Gasteiger partial charge is 0.468 e. The molecule has 0 aromatic heterocycles. The van der Waals surface area contributed by atoms with Gasteiger partial charge in [0, 0.05) is 6.54 Å². The summed E-state index contributed by atoms with van der Waals surface area (Å²) in [5, 5.41) is 0. The van der Waals surface area contributed by atoms with E-state index in [2.05, 4.69) is 9.46 Å². The SMILES string of the molecule is CCN(CC(=O)OC)c1ccccc1S(=O)(=O)NC. The fourth-order valence-electron chi connectivity index (χ4n) is 1.64. The number of rotatable bonds is 6. The summed E-state index contributed by atoms with van der Waals surface area (Å²) in [6.45, 7) is 2.33. The van der Waals surface area contributed by atoms with E-state index in [0.29, 0.717) is 12.2 Å². The van der Waals surface area contributed by atoms with E-state index in [1.165, 1.54) is 20.2 Å². The summed E-state index contributed by atoms with van der Waals surface area (Å²) < 4.78 is 30.8. The van der Waals surface area contributed by atoms with Crippen LogP contribution in [0.1, 0.15) is 6.92 Å². The zero-order valence-electron chi connectivity index (χ0n) is 11.2. The number of ether oxygens (including phenoxy) is 1. The van der Waals surface area contributed by atoms with Crippen molar-refractivity contribution in [3.8, 4) is 0 Å². The molecule has 0 fully saturated rings. The Labute approximate surface area is 113 Å². The monoisotopic (exact) mass is 286 g/mol. The molecule has 0 saturated carbocycles. The normalized spacial score (nSPS) is 11.1. The summed E-state index contributed by atoms with van der Waals surface area (Å²) in [4.78, 5) is 13.1. The van der Waals surface area contributed by atoms with Crippen molar-refractivity contribution in [3.63, 3.8) is 0 Å². The van der Waals surface area contributed by atoms with Crippen molar-refractivity contribution in [1.29, 1.82) is 0 Å². The molecule has 0 unspecified atom stereocenters. The zero-order chi connectivity index (χ0) is 14.5. The highest BCUT2D eigenvalue weighted by molar-refractivity contribution is 7.89. The average Bonchev–Trinajstić information content (AvgIpc) is 2.44. The molecule has 0 aliphatic rings. The Balaban J connectivity index is 3.22. The molecule has 0 amide bonds. The lowest BCUT2D eigenvalue weighted by Crippen LogP contribution is -2.32. The van der Waals surface area contributed by atoms with Crippen LogP contribution in [-0.2, 0) is 19.6 Å². The Bertz CT molecular complexity index is 542.